The normalized spacial score (nSPS) is 13.6. The first kappa shape index (κ1) is 26.9. The van der Waals surface area contributed by atoms with Crippen molar-refractivity contribution < 1.29 is 27.4 Å². The number of rotatable bonds is 16. The molecular formula is C24H39F3O3. The highest BCUT2D eigenvalue weighted by Crippen LogP contribution is 2.34. The van der Waals surface area contributed by atoms with E-state index in [0.717, 1.165) is 37.0 Å². The average Bonchev–Trinajstić information content (AvgIpc) is 2.70. The molecule has 1 aromatic carbocycles. The van der Waals surface area contributed by atoms with Gasteiger partial charge < -0.3 is 14.2 Å². The summed E-state index contributed by atoms with van der Waals surface area (Å²) < 4.78 is 56.7. The summed E-state index contributed by atoms with van der Waals surface area (Å²) >= 11 is 0. The van der Waals surface area contributed by atoms with Crippen molar-refractivity contribution in [3.05, 3.63) is 35.4 Å². The summed E-state index contributed by atoms with van der Waals surface area (Å²) in [4.78, 5) is 0. The Morgan fingerprint density at radius 2 is 1.23 bits per heavy atom. The van der Waals surface area contributed by atoms with Crippen molar-refractivity contribution in [2.45, 2.75) is 91.2 Å². The molecule has 174 valence electrons. The molecule has 0 aliphatic heterocycles. The van der Waals surface area contributed by atoms with E-state index in [4.69, 9.17) is 14.2 Å². The zero-order chi connectivity index (χ0) is 22.5. The molecule has 0 spiro atoms. The number of alkyl halides is 3. The third-order valence-corrected chi connectivity index (χ3v) is 5.21. The molecule has 0 N–H and O–H groups in total. The highest BCUT2D eigenvalue weighted by atomic mass is 19.4. The van der Waals surface area contributed by atoms with Crippen LogP contribution in [0.4, 0.5) is 13.2 Å². The summed E-state index contributed by atoms with van der Waals surface area (Å²) in [5, 5.41) is 0. The fraction of sp³-hybridized carbons (Fsp3) is 0.750. The van der Waals surface area contributed by atoms with E-state index in [0.29, 0.717) is 26.2 Å². The second kappa shape index (κ2) is 14.0. The maximum absolute atomic E-state index is 12.9. The van der Waals surface area contributed by atoms with E-state index < -0.39 is 17.7 Å². The summed E-state index contributed by atoms with van der Waals surface area (Å²) in [6.07, 6.45) is 4.02. The monoisotopic (exact) mass is 432 g/mol. The van der Waals surface area contributed by atoms with E-state index in [2.05, 4.69) is 6.92 Å². The number of unbranched alkanes of at least 4 members (excludes halogenated alkanes) is 5. The summed E-state index contributed by atoms with van der Waals surface area (Å²) in [7, 11) is 0. The highest BCUT2D eigenvalue weighted by Gasteiger charge is 2.42. The summed E-state index contributed by atoms with van der Waals surface area (Å²) in [5.41, 5.74) is 0.187. The van der Waals surface area contributed by atoms with Gasteiger partial charge >= 0.3 is 6.18 Å². The molecule has 1 unspecified atom stereocenters. The molecule has 6 heteroatoms. The molecule has 0 aromatic heterocycles. The van der Waals surface area contributed by atoms with Crippen LogP contribution in [0, 0.1) is 5.92 Å². The lowest BCUT2D eigenvalue weighted by Gasteiger charge is -2.39. The van der Waals surface area contributed by atoms with Crippen LogP contribution in [0.25, 0.3) is 0 Å². The van der Waals surface area contributed by atoms with Crippen molar-refractivity contribution >= 4 is 0 Å². The Kier molecular flexibility index (Phi) is 12.6. The minimum absolute atomic E-state index is 0.111. The molecule has 0 saturated heterocycles. The van der Waals surface area contributed by atoms with E-state index in [1.807, 2.05) is 20.8 Å². The molecule has 0 amide bonds. The smallest absolute Gasteiger partial charge is 0.328 e. The largest absolute Gasteiger partial charge is 0.416 e. The summed E-state index contributed by atoms with van der Waals surface area (Å²) in [5.74, 6) is -1.29. The molecule has 3 nitrogen and oxygen atoms in total. The van der Waals surface area contributed by atoms with Crippen molar-refractivity contribution in [1.29, 1.82) is 0 Å². The molecule has 0 radical (unpaired) electrons. The Morgan fingerprint density at radius 3 is 1.70 bits per heavy atom. The van der Waals surface area contributed by atoms with Crippen molar-refractivity contribution in [2.24, 2.45) is 5.92 Å². The van der Waals surface area contributed by atoms with Crippen molar-refractivity contribution in [3.63, 3.8) is 0 Å². The Bertz CT molecular complexity index is 541. The number of halogens is 3. The molecule has 0 aliphatic carbocycles. The Hall–Kier alpha value is -1.11. The SMILES string of the molecule is CCCCCCCCC(Cc1ccc(C(F)(F)F)cc1)C(OCC)(OCC)OCC. The van der Waals surface area contributed by atoms with E-state index in [1.165, 1.54) is 25.7 Å². The van der Waals surface area contributed by atoms with Crippen LogP contribution in [0.3, 0.4) is 0 Å². The molecular weight excluding hydrogens is 393 g/mol. The molecule has 1 atom stereocenters. The predicted molar refractivity (Wildman–Crippen MR) is 114 cm³/mol. The standard InChI is InChI=1S/C24H39F3O3/c1-5-9-10-11-12-13-14-22(24(28-6-2,29-7-3)30-8-4)19-20-15-17-21(18-16-20)23(25,26)27/h15-18,22H,5-14,19H2,1-4H3. The van der Waals surface area contributed by atoms with E-state index in [1.54, 1.807) is 12.1 Å². The topological polar surface area (TPSA) is 27.7 Å². The maximum Gasteiger partial charge on any atom is 0.416 e. The fourth-order valence-electron chi connectivity index (χ4n) is 3.77. The van der Waals surface area contributed by atoms with Crippen molar-refractivity contribution in [1.82, 2.24) is 0 Å². The van der Waals surface area contributed by atoms with Gasteiger partial charge in [-0.05, 0) is 51.3 Å². The summed E-state index contributed by atoms with van der Waals surface area (Å²) in [6, 6.07) is 5.37. The minimum Gasteiger partial charge on any atom is -0.328 e. The van der Waals surface area contributed by atoms with Gasteiger partial charge in [0.2, 0.25) is 0 Å². The zero-order valence-electron chi connectivity index (χ0n) is 19.0. The molecule has 0 bridgehead atoms. The van der Waals surface area contributed by atoms with Crippen LogP contribution in [-0.4, -0.2) is 25.8 Å². The second-order valence-electron chi connectivity index (χ2n) is 7.55. The lowest BCUT2D eigenvalue weighted by molar-refractivity contribution is -0.402. The third kappa shape index (κ3) is 8.94. The van der Waals surface area contributed by atoms with Crippen LogP contribution in [0.2, 0.25) is 0 Å². The molecule has 1 rings (SSSR count). The Labute approximate surface area is 180 Å². The van der Waals surface area contributed by atoms with Crippen LogP contribution in [0.5, 0.6) is 0 Å². The first-order chi connectivity index (χ1) is 14.3. The van der Waals surface area contributed by atoms with Gasteiger partial charge in [-0.25, -0.2) is 0 Å². The van der Waals surface area contributed by atoms with Gasteiger partial charge in [0, 0.05) is 25.7 Å². The van der Waals surface area contributed by atoms with Crippen LogP contribution < -0.4 is 0 Å². The first-order valence-electron chi connectivity index (χ1n) is 11.4. The number of benzene rings is 1. The molecule has 0 heterocycles. The maximum atomic E-state index is 12.9. The second-order valence-corrected chi connectivity index (χ2v) is 7.55. The third-order valence-electron chi connectivity index (χ3n) is 5.21. The van der Waals surface area contributed by atoms with Crippen LogP contribution in [-0.2, 0) is 26.8 Å². The predicted octanol–water partition coefficient (Wildman–Crippen LogP) is 7.38. The van der Waals surface area contributed by atoms with Crippen LogP contribution in [0.15, 0.2) is 24.3 Å². The quantitative estimate of drug-likeness (QED) is 0.201. The molecule has 0 saturated carbocycles. The molecule has 0 aliphatic rings. The average molecular weight is 433 g/mol. The highest BCUT2D eigenvalue weighted by molar-refractivity contribution is 5.25. The number of hydrogen-bond donors (Lipinski definition) is 0. The lowest BCUT2D eigenvalue weighted by Crippen LogP contribution is -2.47. The van der Waals surface area contributed by atoms with E-state index in [9.17, 15) is 13.2 Å². The molecule has 1 aromatic rings. The van der Waals surface area contributed by atoms with Gasteiger partial charge in [0.1, 0.15) is 0 Å². The van der Waals surface area contributed by atoms with Gasteiger partial charge in [0.15, 0.2) is 0 Å². The first-order valence-corrected chi connectivity index (χ1v) is 11.4. The summed E-state index contributed by atoms with van der Waals surface area (Å²) in [6.45, 7) is 9.17. The van der Waals surface area contributed by atoms with Crippen LogP contribution in [0.1, 0.15) is 83.8 Å². The van der Waals surface area contributed by atoms with Crippen LogP contribution >= 0.6 is 0 Å². The zero-order valence-corrected chi connectivity index (χ0v) is 19.0. The van der Waals surface area contributed by atoms with Gasteiger partial charge in [-0.2, -0.15) is 13.2 Å². The van der Waals surface area contributed by atoms with Crippen molar-refractivity contribution in [2.75, 3.05) is 19.8 Å². The van der Waals surface area contributed by atoms with E-state index >= 15 is 0 Å². The minimum atomic E-state index is -4.33. The molecule has 30 heavy (non-hydrogen) atoms. The Morgan fingerprint density at radius 1 is 0.733 bits per heavy atom. The number of hydrogen-bond acceptors (Lipinski definition) is 3. The number of ether oxygens (including phenoxy) is 3. The Balaban J connectivity index is 2.99. The molecule has 0 fully saturated rings. The van der Waals surface area contributed by atoms with Gasteiger partial charge in [-0.15, -0.1) is 0 Å². The van der Waals surface area contributed by atoms with Gasteiger partial charge in [-0.3, -0.25) is 0 Å². The fourth-order valence-corrected chi connectivity index (χ4v) is 3.77. The van der Waals surface area contributed by atoms with Gasteiger partial charge in [0.05, 0.1) is 5.56 Å². The van der Waals surface area contributed by atoms with Gasteiger partial charge in [-0.1, -0.05) is 57.6 Å². The van der Waals surface area contributed by atoms with Crippen molar-refractivity contribution in [3.8, 4) is 0 Å². The van der Waals surface area contributed by atoms with Gasteiger partial charge in [0.25, 0.3) is 5.97 Å². The lowest BCUT2D eigenvalue weighted by atomic mass is 9.90. The van der Waals surface area contributed by atoms with E-state index in [-0.39, 0.29) is 5.92 Å².